The van der Waals surface area contributed by atoms with Gasteiger partial charge in [-0.15, -0.1) is 12.4 Å². The topological polar surface area (TPSA) is 32.3 Å². The van der Waals surface area contributed by atoms with E-state index in [0.717, 1.165) is 32.0 Å². The van der Waals surface area contributed by atoms with Gasteiger partial charge in [0, 0.05) is 19.5 Å². The minimum atomic E-state index is 0. The molecule has 2 rings (SSSR count). The Bertz CT molecular complexity index is 292. The van der Waals surface area contributed by atoms with Gasteiger partial charge < -0.3 is 10.2 Å². The smallest absolute Gasteiger partial charge is 0.222 e. The van der Waals surface area contributed by atoms with Crippen LogP contribution in [0.25, 0.3) is 0 Å². The van der Waals surface area contributed by atoms with Crippen molar-refractivity contribution in [3.05, 3.63) is 0 Å². The monoisotopic (exact) mass is 302 g/mol. The first-order valence-corrected chi connectivity index (χ1v) is 8.13. The van der Waals surface area contributed by atoms with E-state index in [9.17, 15) is 4.79 Å². The zero-order valence-electron chi connectivity index (χ0n) is 13.1. The van der Waals surface area contributed by atoms with Crippen LogP contribution >= 0.6 is 12.4 Å². The van der Waals surface area contributed by atoms with E-state index in [1.165, 1.54) is 38.5 Å². The summed E-state index contributed by atoms with van der Waals surface area (Å²) < 4.78 is 0. The van der Waals surface area contributed by atoms with Gasteiger partial charge in [0.05, 0.1) is 0 Å². The lowest BCUT2D eigenvalue weighted by molar-refractivity contribution is -0.131. The molecule has 0 aromatic heterocycles. The van der Waals surface area contributed by atoms with Gasteiger partial charge in [-0.2, -0.15) is 0 Å². The molecule has 0 aromatic rings. The van der Waals surface area contributed by atoms with Crippen LogP contribution in [0.5, 0.6) is 0 Å². The highest BCUT2D eigenvalue weighted by atomic mass is 35.5. The summed E-state index contributed by atoms with van der Waals surface area (Å²) in [6.45, 7) is 5.27. The number of rotatable bonds is 5. The summed E-state index contributed by atoms with van der Waals surface area (Å²) in [4.78, 5) is 14.5. The molecule has 0 spiro atoms. The lowest BCUT2D eigenvalue weighted by Gasteiger charge is -2.28. The third kappa shape index (κ3) is 4.92. The van der Waals surface area contributed by atoms with Crippen molar-refractivity contribution in [2.75, 3.05) is 26.7 Å². The maximum absolute atomic E-state index is 12.4. The number of nitrogens with zero attached hydrogens (tertiary/aromatic N) is 1. The predicted molar refractivity (Wildman–Crippen MR) is 86.2 cm³/mol. The third-order valence-corrected chi connectivity index (χ3v) is 5.08. The molecule has 2 aliphatic rings. The average molecular weight is 303 g/mol. The minimum absolute atomic E-state index is 0. The highest BCUT2D eigenvalue weighted by Gasteiger charge is 2.28. The zero-order valence-corrected chi connectivity index (χ0v) is 13.9. The first-order valence-electron chi connectivity index (χ1n) is 8.13. The van der Waals surface area contributed by atoms with Crippen LogP contribution < -0.4 is 5.32 Å². The zero-order chi connectivity index (χ0) is 13.7. The van der Waals surface area contributed by atoms with Gasteiger partial charge in [0.25, 0.3) is 0 Å². The van der Waals surface area contributed by atoms with Crippen molar-refractivity contribution in [1.29, 1.82) is 0 Å². The second-order valence-corrected chi connectivity index (χ2v) is 6.63. The molecule has 1 heterocycles. The number of carbonyl (C=O) groups is 1. The van der Waals surface area contributed by atoms with Gasteiger partial charge >= 0.3 is 0 Å². The summed E-state index contributed by atoms with van der Waals surface area (Å²) in [6.07, 6.45) is 8.78. The van der Waals surface area contributed by atoms with E-state index < -0.39 is 0 Å². The summed E-state index contributed by atoms with van der Waals surface area (Å²) in [7, 11) is 2.00. The maximum atomic E-state index is 12.4. The Hall–Kier alpha value is -0.280. The van der Waals surface area contributed by atoms with Gasteiger partial charge in [-0.3, -0.25) is 4.79 Å². The van der Waals surface area contributed by atoms with E-state index in [1.54, 1.807) is 0 Å². The van der Waals surface area contributed by atoms with Crippen molar-refractivity contribution in [3.8, 4) is 0 Å². The molecule has 0 bridgehead atoms. The van der Waals surface area contributed by atoms with Crippen molar-refractivity contribution in [2.24, 2.45) is 17.8 Å². The summed E-state index contributed by atoms with van der Waals surface area (Å²) in [5.41, 5.74) is 0. The standard InChI is InChI=1S/C16H30N2O.ClH/c1-13(15-6-4-3-5-7-15)10-16(19)18-9-8-14(12-18)11-17-2;/h13-15,17H,3-12H2,1-2H3;1H. The molecule has 0 aromatic carbocycles. The van der Waals surface area contributed by atoms with E-state index in [0.29, 0.717) is 17.7 Å². The molecule has 1 amide bonds. The molecule has 0 radical (unpaired) electrons. The number of halogens is 1. The highest BCUT2D eigenvalue weighted by molar-refractivity contribution is 5.85. The van der Waals surface area contributed by atoms with E-state index in [2.05, 4.69) is 17.1 Å². The number of hydrogen-bond donors (Lipinski definition) is 1. The fourth-order valence-corrected chi connectivity index (χ4v) is 3.79. The second kappa shape index (κ2) is 8.89. The Balaban J connectivity index is 0.00000200. The van der Waals surface area contributed by atoms with Crippen molar-refractivity contribution in [1.82, 2.24) is 10.2 Å². The van der Waals surface area contributed by atoms with Crippen molar-refractivity contribution in [2.45, 2.75) is 51.9 Å². The van der Waals surface area contributed by atoms with Crippen molar-refractivity contribution >= 4 is 18.3 Å². The van der Waals surface area contributed by atoms with Crippen LogP contribution in [0.15, 0.2) is 0 Å². The summed E-state index contributed by atoms with van der Waals surface area (Å²) in [6, 6.07) is 0. The number of likely N-dealkylation sites (tertiary alicyclic amines) is 1. The van der Waals surface area contributed by atoms with Gasteiger partial charge in [0.2, 0.25) is 5.91 Å². The molecule has 1 N–H and O–H groups in total. The van der Waals surface area contributed by atoms with Crippen molar-refractivity contribution in [3.63, 3.8) is 0 Å². The van der Waals surface area contributed by atoms with E-state index in [4.69, 9.17) is 0 Å². The van der Waals surface area contributed by atoms with Crippen LogP contribution in [0.2, 0.25) is 0 Å². The van der Waals surface area contributed by atoms with Crippen LogP contribution in [0.3, 0.4) is 0 Å². The molecule has 1 saturated carbocycles. The Kier molecular flexibility index (Phi) is 7.90. The molecular formula is C16H31ClN2O. The summed E-state index contributed by atoms with van der Waals surface area (Å²) >= 11 is 0. The van der Waals surface area contributed by atoms with Gasteiger partial charge in [0.15, 0.2) is 0 Å². The molecule has 1 saturated heterocycles. The van der Waals surface area contributed by atoms with Gasteiger partial charge in [-0.25, -0.2) is 0 Å². The normalized spacial score (nSPS) is 25.3. The van der Waals surface area contributed by atoms with E-state index >= 15 is 0 Å². The summed E-state index contributed by atoms with van der Waals surface area (Å²) in [5.74, 6) is 2.44. The van der Waals surface area contributed by atoms with Crippen LogP contribution in [0, 0.1) is 17.8 Å². The molecule has 118 valence electrons. The minimum Gasteiger partial charge on any atom is -0.342 e. The number of carbonyl (C=O) groups excluding carboxylic acids is 1. The Morgan fingerprint density at radius 3 is 2.60 bits per heavy atom. The Morgan fingerprint density at radius 2 is 1.95 bits per heavy atom. The van der Waals surface area contributed by atoms with Gasteiger partial charge in [-0.1, -0.05) is 39.0 Å². The summed E-state index contributed by atoms with van der Waals surface area (Å²) in [5, 5.41) is 3.22. The number of hydrogen-bond acceptors (Lipinski definition) is 2. The average Bonchev–Trinajstić information content (AvgIpc) is 2.89. The van der Waals surface area contributed by atoms with Crippen LogP contribution in [0.4, 0.5) is 0 Å². The Morgan fingerprint density at radius 1 is 1.25 bits per heavy atom. The Labute approximate surface area is 130 Å². The largest absolute Gasteiger partial charge is 0.342 e. The molecule has 20 heavy (non-hydrogen) atoms. The third-order valence-electron chi connectivity index (χ3n) is 5.08. The first kappa shape index (κ1) is 17.8. The molecule has 2 atom stereocenters. The fourth-order valence-electron chi connectivity index (χ4n) is 3.79. The molecule has 4 heteroatoms. The second-order valence-electron chi connectivity index (χ2n) is 6.63. The molecule has 1 aliphatic heterocycles. The fraction of sp³-hybridized carbons (Fsp3) is 0.938. The lowest BCUT2D eigenvalue weighted by Crippen LogP contribution is -2.32. The maximum Gasteiger partial charge on any atom is 0.222 e. The van der Waals surface area contributed by atoms with E-state index in [-0.39, 0.29) is 12.4 Å². The number of amides is 1. The molecule has 1 aliphatic carbocycles. The van der Waals surface area contributed by atoms with Gasteiger partial charge in [-0.05, 0) is 37.8 Å². The predicted octanol–water partition coefficient (Wildman–Crippen LogP) is 3.08. The quantitative estimate of drug-likeness (QED) is 0.846. The molecule has 2 unspecified atom stereocenters. The van der Waals surface area contributed by atoms with Crippen LogP contribution in [0.1, 0.15) is 51.9 Å². The molecule has 3 nitrogen and oxygen atoms in total. The molecule has 2 fully saturated rings. The van der Waals surface area contributed by atoms with Gasteiger partial charge in [0.1, 0.15) is 0 Å². The van der Waals surface area contributed by atoms with Crippen LogP contribution in [-0.2, 0) is 4.79 Å². The van der Waals surface area contributed by atoms with E-state index in [1.807, 2.05) is 7.05 Å². The molecular weight excluding hydrogens is 272 g/mol. The number of nitrogens with one attached hydrogen (secondary N) is 1. The highest BCUT2D eigenvalue weighted by Crippen LogP contribution is 2.32. The SMILES string of the molecule is CNCC1CCN(C(=O)CC(C)C2CCCCC2)C1.Cl. The van der Waals surface area contributed by atoms with Crippen LogP contribution in [-0.4, -0.2) is 37.5 Å². The van der Waals surface area contributed by atoms with Crippen molar-refractivity contribution < 1.29 is 4.79 Å². The lowest BCUT2D eigenvalue weighted by atomic mass is 9.79. The first-order chi connectivity index (χ1) is 9.20.